The van der Waals surface area contributed by atoms with Crippen LogP contribution in [0.25, 0.3) is 0 Å². The number of nitrogens with one attached hydrogen (secondary N) is 1. The van der Waals surface area contributed by atoms with Crippen LogP contribution in [0.1, 0.15) is 25.3 Å². The third-order valence-corrected chi connectivity index (χ3v) is 3.41. The topological polar surface area (TPSA) is 30.5 Å². The Morgan fingerprint density at radius 3 is 2.63 bits per heavy atom. The molecule has 0 radical (unpaired) electrons. The largest absolute Gasteiger partial charge is 0.493 e. The van der Waals surface area contributed by atoms with Crippen molar-refractivity contribution >= 4 is 15.9 Å². The average Bonchev–Trinajstić information content (AvgIpc) is 2.42. The van der Waals surface area contributed by atoms with Crippen molar-refractivity contribution < 1.29 is 9.47 Å². The van der Waals surface area contributed by atoms with E-state index in [9.17, 15) is 0 Å². The van der Waals surface area contributed by atoms with E-state index in [4.69, 9.17) is 15.9 Å². The van der Waals surface area contributed by atoms with E-state index in [1.807, 2.05) is 12.1 Å². The molecule has 1 aromatic rings. The summed E-state index contributed by atoms with van der Waals surface area (Å²) in [4.78, 5) is 0. The van der Waals surface area contributed by atoms with Crippen molar-refractivity contribution in [2.75, 3.05) is 14.2 Å². The summed E-state index contributed by atoms with van der Waals surface area (Å²) in [6.45, 7) is 2.83. The average molecular weight is 326 g/mol. The van der Waals surface area contributed by atoms with Crippen LogP contribution in [0.3, 0.4) is 0 Å². The second kappa shape index (κ2) is 8.08. The smallest absolute Gasteiger partial charge is 0.174 e. The minimum Gasteiger partial charge on any atom is -0.493 e. The second-order valence-corrected chi connectivity index (χ2v) is 5.06. The number of hydrogen-bond acceptors (Lipinski definition) is 3. The van der Waals surface area contributed by atoms with Crippen molar-refractivity contribution in [3.63, 3.8) is 0 Å². The molecule has 0 aliphatic rings. The molecule has 104 valence electrons. The summed E-state index contributed by atoms with van der Waals surface area (Å²) in [7, 11) is 3.25. The van der Waals surface area contributed by atoms with E-state index in [0.717, 1.165) is 22.9 Å². The Morgan fingerprint density at radius 2 is 2.11 bits per heavy atom. The van der Waals surface area contributed by atoms with Crippen molar-refractivity contribution in [2.24, 2.45) is 0 Å². The molecule has 1 atom stereocenters. The molecule has 0 aromatic heterocycles. The standard InChI is InChI=1S/C15H20BrNO2/c1-5-7-12(6-2)17-10-11-8-13(16)15(19-4)14(9-11)18-3/h2,8-9,12,17H,5,7,10H2,1,3-4H3. The Bertz CT molecular complexity index is 454. The maximum absolute atomic E-state index is 5.49. The number of ether oxygens (including phenoxy) is 2. The molecule has 0 aliphatic heterocycles. The first kappa shape index (κ1) is 15.9. The zero-order chi connectivity index (χ0) is 14.3. The number of hydrogen-bond donors (Lipinski definition) is 1. The Kier molecular flexibility index (Phi) is 6.75. The predicted octanol–water partition coefficient (Wildman–Crippen LogP) is 3.36. The van der Waals surface area contributed by atoms with Gasteiger partial charge in [-0.1, -0.05) is 19.3 Å². The van der Waals surface area contributed by atoms with Gasteiger partial charge in [0.25, 0.3) is 0 Å². The summed E-state index contributed by atoms with van der Waals surface area (Å²) in [5.74, 6) is 4.17. The monoisotopic (exact) mass is 325 g/mol. The molecule has 0 aliphatic carbocycles. The fourth-order valence-corrected chi connectivity index (χ4v) is 2.50. The summed E-state index contributed by atoms with van der Waals surface area (Å²) in [5.41, 5.74) is 1.10. The van der Waals surface area contributed by atoms with Crippen molar-refractivity contribution in [2.45, 2.75) is 32.4 Å². The number of terminal acetylenes is 1. The zero-order valence-corrected chi connectivity index (χ0v) is 13.2. The van der Waals surface area contributed by atoms with Gasteiger partial charge in [0.15, 0.2) is 11.5 Å². The Morgan fingerprint density at radius 1 is 1.37 bits per heavy atom. The molecule has 19 heavy (non-hydrogen) atoms. The lowest BCUT2D eigenvalue weighted by atomic mass is 10.1. The first-order chi connectivity index (χ1) is 9.15. The van der Waals surface area contributed by atoms with Crippen molar-refractivity contribution in [3.8, 4) is 23.8 Å². The number of halogens is 1. The molecule has 1 aromatic carbocycles. The molecule has 0 fully saturated rings. The summed E-state index contributed by atoms with van der Waals surface area (Å²) in [6.07, 6.45) is 7.53. The van der Waals surface area contributed by atoms with E-state index in [0.29, 0.717) is 18.0 Å². The fourth-order valence-electron chi connectivity index (χ4n) is 1.85. The molecule has 0 saturated heterocycles. The van der Waals surface area contributed by atoms with Crippen molar-refractivity contribution in [1.82, 2.24) is 5.32 Å². The lowest BCUT2D eigenvalue weighted by Gasteiger charge is -2.15. The summed E-state index contributed by atoms with van der Waals surface area (Å²) in [6, 6.07) is 4.07. The van der Waals surface area contributed by atoms with Gasteiger partial charge in [-0.05, 0) is 40.0 Å². The molecule has 4 heteroatoms. The van der Waals surface area contributed by atoms with Gasteiger partial charge in [0.2, 0.25) is 0 Å². The van der Waals surface area contributed by atoms with Crippen LogP contribution in [0.4, 0.5) is 0 Å². The molecule has 3 nitrogen and oxygen atoms in total. The highest BCUT2D eigenvalue weighted by atomic mass is 79.9. The maximum Gasteiger partial charge on any atom is 0.174 e. The van der Waals surface area contributed by atoms with E-state index in [-0.39, 0.29) is 6.04 Å². The molecule has 0 spiro atoms. The first-order valence-corrected chi connectivity index (χ1v) is 7.05. The van der Waals surface area contributed by atoms with Crippen LogP contribution in [0.2, 0.25) is 0 Å². The predicted molar refractivity (Wildman–Crippen MR) is 81.6 cm³/mol. The van der Waals surface area contributed by atoms with Gasteiger partial charge in [0.1, 0.15) is 0 Å². The summed E-state index contributed by atoms with van der Waals surface area (Å²) in [5, 5.41) is 3.35. The molecule has 0 heterocycles. The van der Waals surface area contributed by atoms with Gasteiger partial charge in [-0.3, -0.25) is 5.32 Å². The molecule has 0 amide bonds. The van der Waals surface area contributed by atoms with E-state index in [1.54, 1.807) is 14.2 Å². The van der Waals surface area contributed by atoms with E-state index in [1.165, 1.54) is 0 Å². The SMILES string of the molecule is C#CC(CCC)NCc1cc(Br)c(OC)c(OC)c1. The van der Waals surface area contributed by atoms with Crippen LogP contribution in [-0.4, -0.2) is 20.3 Å². The molecule has 1 unspecified atom stereocenters. The molecule has 0 bridgehead atoms. The van der Waals surface area contributed by atoms with Gasteiger partial charge in [0, 0.05) is 6.54 Å². The quantitative estimate of drug-likeness (QED) is 0.780. The van der Waals surface area contributed by atoms with E-state index < -0.39 is 0 Å². The molecule has 1 rings (SSSR count). The first-order valence-electron chi connectivity index (χ1n) is 6.26. The number of methoxy groups -OCH3 is 2. The minimum atomic E-state index is 0.108. The van der Waals surface area contributed by atoms with Crippen LogP contribution in [0, 0.1) is 12.3 Å². The van der Waals surface area contributed by atoms with Crippen LogP contribution >= 0.6 is 15.9 Å². The molecule has 1 N–H and O–H groups in total. The Hall–Kier alpha value is -1.18. The molecule has 0 saturated carbocycles. The van der Waals surface area contributed by atoms with Gasteiger partial charge in [-0.15, -0.1) is 6.42 Å². The maximum atomic E-state index is 5.49. The lowest BCUT2D eigenvalue weighted by molar-refractivity contribution is 0.352. The number of rotatable bonds is 7. The summed E-state index contributed by atoms with van der Waals surface area (Å²) >= 11 is 3.48. The highest BCUT2D eigenvalue weighted by molar-refractivity contribution is 9.10. The lowest BCUT2D eigenvalue weighted by Crippen LogP contribution is -2.26. The van der Waals surface area contributed by atoms with Gasteiger partial charge in [-0.25, -0.2) is 0 Å². The Balaban J connectivity index is 2.80. The van der Waals surface area contributed by atoms with Gasteiger partial charge >= 0.3 is 0 Å². The van der Waals surface area contributed by atoms with Crippen LogP contribution in [0.15, 0.2) is 16.6 Å². The van der Waals surface area contributed by atoms with Gasteiger partial charge < -0.3 is 9.47 Å². The third-order valence-electron chi connectivity index (χ3n) is 2.82. The highest BCUT2D eigenvalue weighted by Crippen LogP contribution is 2.36. The highest BCUT2D eigenvalue weighted by Gasteiger charge is 2.11. The van der Waals surface area contributed by atoms with E-state index >= 15 is 0 Å². The van der Waals surface area contributed by atoms with Gasteiger partial charge in [0.05, 0.1) is 24.7 Å². The minimum absolute atomic E-state index is 0.108. The molecular formula is C15H20BrNO2. The van der Waals surface area contributed by atoms with Crippen molar-refractivity contribution in [3.05, 3.63) is 22.2 Å². The number of benzene rings is 1. The Labute approximate surface area is 123 Å². The van der Waals surface area contributed by atoms with Crippen molar-refractivity contribution in [1.29, 1.82) is 0 Å². The molecular weight excluding hydrogens is 306 g/mol. The summed E-state index contributed by atoms with van der Waals surface area (Å²) < 4.78 is 11.5. The normalized spacial score (nSPS) is 11.7. The van der Waals surface area contributed by atoms with Crippen LogP contribution in [0.5, 0.6) is 11.5 Å². The third kappa shape index (κ3) is 4.45. The van der Waals surface area contributed by atoms with Gasteiger partial charge in [-0.2, -0.15) is 0 Å². The second-order valence-electron chi connectivity index (χ2n) is 4.20. The fraction of sp³-hybridized carbons (Fsp3) is 0.467. The van der Waals surface area contributed by atoms with Crippen LogP contribution in [-0.2, 0) is 6.54 Å². The van der Waals surface area contributed by atoms with Crippen LogP contribution < -0.4 is 14.8 Å². The van der Waals surface area contributed by atoms with E-state index in [2.05, 4.69) is 34.1 Å². The zero-order valence-electron chi connectivity index (χ0n) is 11.6.